The molecule has 7 heteroatoms. The summed E-state index contributed by atoms with van der Waals surface area (Å²) in [7, 11) is 0. The number of hydrogen-bond acceptors (Lipinski definition) is 5. The van der Waals surface area contributed by atoms with Crippen molar-refractivity contribution in [2.24, 2.45) is 0 Å². The lowest BCUT2D eigenvalue weighted by Crippen LogP contribution is -2.40. The van der Waals surface area contributed by atoms with Crippen LogP contribution in [0.15, 0.2) is 58.2 Å². The normalized spacial score (nSPS) is 14.7. The Morgan fingerprint density at radius 2 is 1.96 bits per heavy atom. The van der Waals surface area contributed by atoms with Gasteiger partial charge < -0.3 is 9.32 Å². The second kappa shape index (κ2) is 7.52. The number of aryl methyl sites for hydroxylation is 1. The summed E-state index contributed by atoms with van der Waals surface area (Å²) in [6, 6.07) is 13.9. The van der Waals surface area contributed by atoms with Crippen molar-refractivity contribution < 1.29 is 13.6 Å². The lowest BCUT2D eigenvalue weighted by Gasteiger charge is -2.31. The van der Waals surface area contributed by atoms with Crippen LogP contribution in [0.2, 0.25) is 0 Å². The third-order valence-electron chi connectivity index (χ3n) is 4.50. The standard InChI is InChI=1S/C20H18FN3O2S/c1-13(19(25)24-12-4-6-14-5-2-3-7-17(14)24)27-20-23-22-18(26-20)15-8-10-16(21)11-9-15/h2-3,5,7-11,13H,4,6,12H2,1H3. The average Bonchev–Trinajstić information content (AvgIpc) is 3.16. The molecule has 27 heavy (non-hydrogen) atoms. The zero-order valence-electron chi connectivity index (χ0n) is 14.8. The monoisotopic (exact) mass is 383 g/mol. The maximum Gasteiger partial charge on any atom is 0.277 e. The molecule has 0 aliphatic carbocycles. The number of thioether (sulfide) groups is 1. The molecule has 0 radical (unpaired) electrons. The van der Waals surface area contributed by atoms with Crippen molar-refractivity contribution in [2.75, 3.05) is 11.4 Å². The summed E-state index contributed by atoms with van der Waals surface area (Å²) < 4.78 is 18.7. The minimum Gasteiger partial charge on any atom is -0.411 e. The van der Waals surface area contributed by atoms with Gasteiger partial charge in [-0.3, -0.25) is 4.79 Å². The molecule has 0 fully saturated rings. The van der Waals surface area contributed by atoms with Crippen LogP contribution in [-0.2, 0) is 11.2 Å². The van der Waals surface area contributed by atoms with Crippen LogP contribution >= 0.6 is 11.8 Å². The number of nitrogens with zero attached hydrogens (tertiary/aromatic N) is 3. The van der Waals surface area contributed by atoms with E-state index in [9.17, 15) is 9.18 Å². The highest BCUT2D eigenvalue weighted by Gasteiger charge is 2.28. The molecule has 1 amide bonds. The topological polar surface area (TPSA) is 59.2 Å². The van der Waals surface area contributed by atoms with Crippen molar-refractivity contribution in [2.45, 2.75) is 30.2 Å². The number of amides is 1. The zero-order valence-corrected chi connectivity index (χ0v) is 15.6. The van der Waals surface area contributed by atoms with Crippen molar-refractivity contribution in [1.29, 1.82) is 0 Å². The summed E-state index contributed by atoms with van der Waals surface area (Å²) >= 11 is 1.23. The van der Waals surface area contributed by atoms with Crippen LogP contribution in [-0.4, -0.2) is 27.9 Å². The van der Waals surface area contributed by atoms with Crippen molar-refractivity contribution in [1.82, 2.24) is 10.2 Å². The fourth-order valence-electron chi connectivity index (χ4n) is 3.15. The first-order valence-corrected chi connectivity index (χ1v) is 9.65. The van der Waals surface area contributed by atoms with E-state index in [1.807, 2.05) is 30.0 Å². The van der Waals surface area contributed by atoms with E-state index in [2.05, 4.69) is 16.3 Å². The largest absolute Gasteiger partial charge is 0.411 e. The van der Waals surface area contributed by atoms with E-state index in [1.54, 1.807) is 12.1 Å². The van der Waals surface area contributed by atoms with Gasteiger partial charge in [-0.15, -0.1) is 10.2 Å². The van der Waals surface area contributed by atoms with Gasteiger partial charge in [0.05, 0.1) is 5.25 Å². The Bertz CT molecular complexity index is 958. The molecule has 1 aliphatic heterocycles. The van der Waals surface area contributed by atoms with Gasteiger partial charge in [0.2, 0.25) is 11.8 Å². The molecule has 0 saturated heterocycles. The van der Waals surface area contributed by atoms with Crippen molar-refractivity contribution >= 4 is 23.4 Å². The second-order valence-electron chi connectivity index (χ2n) is 6.36. The number of hydrogen-bond donors (Lipinski definition) is 0. The van der Waals surface area contributed by atoms with Crippen LogP contribution in [0.1, 0.15) is 18.9 Å². The van der Waals surface area contributed by atoms with Crippen molar-refractivity contribution in [3.8, 4) is 11.5 Å². The number of rotatable bonds is 4. The van der Waals surface area contributed by atoms with E-state index in [0.29, 0.717) is 23.2 Å². The van der Waals surface area contributed by atoms with E-state index < -0.39 is 0 Å². The zero-order chi connectivity index (χ0) is 18.8. The number of carbonyl (C=O) groups excluding carboxylic acids is 1. The third kappa shape index (κ3) is 3.73. The minimum atomic E-state index is -0.363. The van der Waals surface area contributed by atoms with Gasteiger partial charge in [-0.25, -0.2) is 4.39 Å². The third-order valence-corrected chi connectivity index (χ3v) is 5.42. The summed E-state index contributed by atoms with van der Waals surface area (Å²) in [6.45, 7) is 2.55. The van der Waals surface area contributed by atoms with Gasteiger partial charge in [0.25, 0.3) is 5.22 Å². The Labute approximate surface area is 160 Å². The SMILES string of the molecule is CC(Sc1nnc(-c2ccc(F)cc2)o1)C(=O)N1CCCc2ccccc21. The number of halogens is 1. The Morgan fingerprint density at radius 1 is 1.19 bits per heavy atom. The van der Waals surface area contributed by atoms with E-state index in [4.69, 9.17) is 4.42 Å². The first-order chi connectivity index (χ1) is 13.1. The lowest BCUT2D eigenvalue weighted by molar-refractivity contribution is -0.117. The summed E-state index contributed by atoms with van der Waals surface area (Å²) in [5.41, 5.74) is 2.82. The Kier molecular flexibility index (Phi) is 4.94. The molecule has 1 aliphatic rings. The maximum atomic E-state index is 13.0. The molecule has 1 atom stereocenters. The molecule has 1 aromatic heterocycles. The first-order valence-electron chi connectivity index (χ1n) is 8.77. The minimum absolute atomic E-state index is 0.0219. The molecule has 3 aromatic rings. The molecule has 4 rings (SSSR count). The summed E-state index contributed by atoms with van der Waals surface area (Å²) in [4.78, 5) is 14.8. The molecule has 138 valence electrons. The lowest BCUT2D eigenvalue weighted by atomic mass is 10.0. The number of benzene rings is 2. The number of carbonyl (C=O) groups is 1. The Hall–Kier alpha value is -2.67. The molecule has 2 aromatic carbocycles. The van der Waals surface area contributed by atoms with E-state index in [0.717, 1.165) is 18.5 Å². The maximum absolute atomic E-state index is 13.0. The predicted octanol–water partition coefficient (Wildman–Crippen LogP) is 4.34. The average molecular weight is 383 g/mol. The van der Waals surface area contributed by atoms with Crippen LogP contribution in [0.25, 0.3) is 11.5 Å². The van der Waals surface area contributed by atoms with Gasteiger partial charge in [0.15, 0.2) is 0 Å². The molecular weight excluding hydrogens is 365 g/mol. The van der Waals surface area contributed by atoms with Crippen LogP contribution < -0.4 is 4.90 Å². The van der Waals surface area contributed by atoms with Crippen LogP contribution in [0.3, 0.4) is 0 Å². The molecular formula is C20H18FN3O2S. The van der Waals surface area contributed by atoms with Gasteiger partial charge in [0.1, 0.15) is 5.82 Å². The highest BCUT2D eigenvalue weighted by molar-refractivity contribution is 8.00. The number of para-hydroxylation sites is 1. The van der Waals surface area contributed by atoms with Gasteiger partial charge in [-0.05, 0) is 55.7 Å². The van der Waals surface area contributed by atoms with Gasteiger partial charge in [0, 0.05) is 17.8 Å². The fraction of sp³-hybridized carbons (Fsp3) is 0.250. The van der Waals surface area contributed by atoms with Crippen LogP contribution in [0, 0.1) is 5.82 Å². The Balaban J connectivity index is 1.47. The van der Waals surface area contributed by atoms with Gasteiger partial charge >= 0.3 is 0 Å². The first kappa shape index (κ1) is 17.7. The molecule has 2 heterocycles. The van der Waals surface area contributed by atoms with Crippen molar-refractivity contribution in [3.05, 3.63) is 59.9 Å². The quantitative estimate of drug-likeness (QED) is 0.628. The fourth-order valence-corrected chi connectivity index (χ4v) is 3.90. The summed E-state index contributed by atoms with van der Waals surface area (Å²) in [6.07, 6.45) is 1.95. The van der Waals surface area contributed by atoms with Crippen LogP contribution in [0.5, 0.6) is 0 Å². The van der Waals surface area contributed by atoms with E-state index >= 15 is 0 Å². The number of aromatic nitrogens is 2. The van der Waals surface area contributed by atoms with E-state index in [-0.39, 0.29) is 17.0 Å². The second-order valence-corrected chi connectivity index (χ2v) is 7.65. The van der Waals surface area contributed by atoms with E-state index in [1.165, 1.54) is 29.5 Å². The number of fused-ring (bicyclic) bond motifs is 1. The smallest absolute Gasteiger partial charge is 0.277 e. The molecule has 0 spiro atoms. The highest BCUT2D eigenvalue weighted by Crippen LogP contribution is 2.31. The number of anilines is 1. The highest BCUT2D eigenvalue weighted by atomic mass is 32.2. The summed E-state index contributed by atoms with van der Waals surface area (Å²) in [5.74, 6) is 0.00282. The van der Waals surface area contributed by atoms with Gasteiger partial charge in [-0.1, -0.05) is 30.0 Å². The van der Waals surface area contributed by atoms with Crippen LogP contribution in [0.4, 0.5) is 10.1 Å². The van der Waals surface area contributed by atoms with Gasteiger partial charge in [-0.2, -0.15) is 0 Å². The molecule has 0 bridgehead atoms. The molecule has 1 unspecified atom stereocenters. The Morgan fingerprint density at radius 3 is 2.78 bits per heavy atom. The van der Waals surface area contributed by atoms with Crippen molar-refractivity contribution in [3.63, 3.8) is 0 Å². The molecule has 0 N–H and O–H groups in total. The summed E-state index contributed by atoms with van der Waals surface area (Å²) in [5, 5.41) is 7.96. The molecule has 0 saturated carbocycles. The molecule has 5 nitrogen and oxygen atoms in total. The predicted molar refractivity (Wildman–Crippen MR) is 102 cm³/mol.